The molecule has 0 saturated carbocycles. The minimum absolute atomic E-state index is 0.115. The summed E-state index contributed by atoms with van der Waals surface area (Å²) in [5.74, 6) is -0.491. The molecule has 2 amide bonds. The molecule has 0 saturated heterocycles. The van der Waals surface area contributed by atoms with Gasteiger partial charge in [0.25, 0.3) is 11.8 Å². The van der Waals surface area contributed by atoms with Crippen LogP contribution >= 0.6 is 11.3 Å². The zero-order chi connectivity index (χ0) is 19.2. The molecule has 2 aromatic carbocycles. The highest BCUT2D eigenvalue weighted by molar-refractivity contribution is 7.13. The van der Waals surface area contributed by atoms with Crippen molar-refractivity contribution in [3.05, 3.63) is 69.9 Å². The maximum Gasteiger partial charge on any atom is 0.286 e. The van der Waals surface area contributed by atoms with Gasteiger partial charge in [0, 0.05) is 11.3 Å². The van der Waals surface area contributed by atoms with Gasteiger partial charge in [0.05, 0.1) is 13.7 Å². The Balaban J connectivity index is 1.56. The lowest BCUT2D eigenvalue weighted by Gasteiger charge is -2.04. The second-order valence-corrected chi connectivity index (χ2v) is 6.44. The van der Waals surface area contributed by atoms with Gasteiger partial charge in [0.2, 0.25) is 5.01 Å². The van der Waals surface area contributed by atoms with Crippen molar-refractivity contribution in [1.82, 2.24) is 15.5 Å². The lowest BCUT2D eigenvalue weighted by atomic mass is 10.2. The lowest BCUT2D eigenvalue weighted by molar-refractivity contribution is 0.0949. The van der Waals surface area contributed by atoms with Crippen LogP contribution < -0.4 is 15.4 Å². The second-order valence-electron chi connectivity index (χ2n) is 5.37. The van der Waals surface area contributed by atoms with Gasteiger partial charge in [-0.15, -0.1) is 10.2 Å². The van der Waals surface area contributed by atoms with Crippen molar-refractivity contribution in [2.45, 2.75) is 6.54 Å². The van der Waals surface area contributed by atoms with Gasteiger partial charge in [-0.05, 0) is 48.5 Å². The fourth-order valence-electron chi connectivity index (χ4n) is 2.13. The first-order valence-electron chi connectivity index (χ1n) is 7.86. The molecule has 0 bridgehead atoms. The summed E-state index contributed by atoms with van der Waals surface area (Å²) in [6, 6.07) is 12.1. The molecule has 9 heteroatoms. The van der Waals surface area contributed by atoms with Crippen LogP contribution in [-0.2, 0) is 6.54 Å². The molecule has 3 rings (SSSR count). The smallest absolute Gasteiger partial charge is 0.286 e. The summed E-state index contributed by atoms with van der Waals surface area (Å²) in [7, 11) is 1.56. The van der Waals surface area contributed by atoms with E-state index < -0.39 is 11.7 Å². The molecule has 0 aliphatic carbocycles. The number of hydrogen-bond donors (Lipinski definition) is 2. The topological polar surface area (TPSA) is 93.2 Å². The number of ether oxygens (including phenoxy) is 1. The van der Waals surface area contributed by atoms with Gasteiger partial charge in [-0.3, -0.25) is 9.59 Å². The van der Waals surface area contributed by atoms with Crippen LogP contribution in [0.4, 0.5) is 10.1 Å². The molecule has 0 radical (unpaired) electrons. The number of rotatable bonds is 6. The van der Waals surface area contributed by atoms with Crippen LogP contribution in [0.15, 0.2) is 48.5 Å². The second kappa shape index (κ2) is 8.37. The summed E-state index contributed by atoms with van der Waals surface area (Å²) in [6.07, 6.45) is 0. The highest BCUT2D eigenvalue weighted by Gasteiger charge is 2.14. The molecule has 1 aromatic heterocycles. The highest BCUT2D eigenvalue weighted by atomic mass is 32.1. The molecular weight excluding hydrogens is 371 g/mol. The van der Waals surface area contributed by atoms with Crippen molar-refractivity contribution in [3.63, 3.8) is 0 Å². The summed E-state index contributed by atoms with van der Waals surface area (Å²) in [5, 5.41) is 13.8. The number of carbonyl (C=O) groups is 2. The minimum Gasteiger partial charge on any atom is -0.497 e. The molecule has 0 aliphatic rings. The van der Waals surface area contributed by atoms with Crippen LogP contribution in [0.1, 0.15) is 25.2 Å². The molecule has 0 spiro atoms. The van der Waals surface area contributed by atoms with Crippen LogP contribution in [-0.4, -0.2) is 29.1 Å². The van der Waals surface area contributed by atoms with Crippen LogP contribution in [0.3, 0.4) is 0 Å². The predicted octanol–water partition coefficient (Wildman–Crippen LogP) is 2.87. The van der Waals surface area contributed by atoms with E-state index in [1.807, 2.05) is 0 Å². The van der Waals surface area contributed by atoms with Crippen molar-refractivity contribution in [2.75, 3.05) is 12.4 Å². The Kier molecular flexibility index (Phi) is 5.72. The minimum atomic E-state index is -0.414. The first kappa shape index (κ1) is 18.5. The summed E-state index contributed by atoms with van der Waals surface area (Å²) in [5.41, 5.74) is 0.931. The van der Waals surface area contributed by atoms with Crippen molar-refractivity contribution in [3.8, 4) is 5.75 Å². The molecule has 0 fully saturated rings. The molecule has 7 nitrogen and oxygen atoms in total. The SMILES string of the molecule is COc1ccc(NC(=O)c2nnc(CNC(=O)c3ccc(F)cc3)s2)cc1. The predicted molar refractivity (Wildman–Crippen MR) is 98.4 cm³/mol. The largest absolute Gasteiger partial charge is 0.497 e. The van der Waals surface area contributed by atoms with E-state index in [2.05, 4.69) is 20.8 Å². The average Bonchev–Trinajstić information content (AvgIpc) is 3.16. The quantitative estimate of drug-likeness (QED) is 0.680. The molecule has 1 heterocycles. The number of halogens is 1. The van der Waals surface area contributed by atoms with Gasteiger partial charge >= 0.3 is 0 Å². The first-order chi connectivity index (χ1) is 13.0. The molecule has 0 aliphatic heterocycles. The molecule has 0 atom stereocenters. The van der Waals surface area contributed by atoms with E-state index in [4.69, 9.17) is 4.74 Å². The zero-order valence-electron chi connectivity index (χ0n) is 14.2. The monoisotopic (exact) mass is 386 g/mol. The Hall–Kier alpha value is -3.33. The van der Waals surface area contributed by atoms with Crippen LogP contribution in [0, 0.1) is 5.82 Å². The van der Waals surface area contributed by atoms with E-state index in [1.165, 1.54) is 24.3 Å². The molecule has 2 N–H and O–H groups in total. The average molecular weight is 386 g/mol. The number of anilines is 1. The van der Waals surface area contributed by atoms with Crippen molar-refractivity contribution >= 4 is 28.8 Å². The van der Waals surface area contributed by atoms with Crippen LogP contribution in [0.2, 0.25) is 0 Å². The maximum atomic E-state index is 12.9. The van der Waals surface area contributed by atoms with Crippen molar-refractivity contribution < 1.29 is 18.7 Å². The van der Waals surface area contributed by atoms with Crippen molar-refractivity contribution in [2.24, 2.45) is 0 Å². The number of nitrogens with one attached hydrogen (secondary N) is 2. The summed E-state index contributed by atoms with van der Waals surface area (Å²) >= 11 is 1.07. The number of hydrogen-bond acceptors (Lipinski definition) is 6. The third-order valence-electron chi connectivity index (χ3n) is 3.52. The van der Waals surface area contributed by atoms with E-state index in [0.717, 1.165) is 11.3 Å². The molecule has 138 valence electrons. The fourth-order valence-corrected chi connectivity index (χ4v) is 2.81. The van der Waals surface area contributed by atoms with Crippen molar-refractivity contribution in [1.29, 1.82) is 0 Å². The summed E-state index contributed by atoms with van der Waals surface area (Å²) < 4.78 is 17.9. The first-order valence-corrected chi connectivity index (χ1v) is 8.68. The van der Waals surface area contributed by atoms with Gasteiger partial charge in [0.1, 0.15) is 16.6 Å². The van der Waals surface area contributed by atoms with E-state index >= 15 is 0 Å². The Labute approximate surface area is 158 Å². The number of methoxy groups -OCH3 is 1. The van der Waals surface area contributed by atoms with Gasteiger partial charge in [-0.1, -0.05) is 11.3 Å². The number of benzene rings is 2. The lowest BCUT2D eigenvalue weighted by Crippen LogP contribution is -2.22. The molecule has 0 unspecified atom stereocenters. The highest BCUT2D eigenvalue weighted by Crippen LogP contribution is 2.17. The number of amides is 2. The Morgan fingerprint density at radius 3 is 2.41 bits per heavy atom. The van der Waals surface area contributed by atoms with Gasteiger partial charge in [-0.2, -0.15) is 0 Å². The Bertz CT molecular complexity index is 942. The standard InChI is InChI=1S/C18H15FN4O3S/c1-26-14-8-6-13(7-9-14)21-17(25)18-23-22-15(27-18)10-20-16(24)11-2-4-12(19)5-3-11/h2-9H,10H2,1H3,(H,20,24)(H,21,25). The van der Waals surface area contributed by atoms with Gasteiger partial charge < -0.3 is 15.4 Å². The maximum absolute atomic E-state index is 12.9. The van der Waals surface area contributed by atoms with Crippen LogP contribution in [0.25, 0.3) is 0 Å². The van der Waals surface area contributed by atoms with Gasteiger partial charge in [0.15, 0.2) is 0 Å². The number of nitrogens with zero attached hydrogens (tertiary/aromatic N) is 2. The van der Waals surface area contributed by atoms with E-state index in [9.17, 15) is 14.0 Å². The fraction of sp³-hybridized carbons (Fsp3) is 0.111. The third-order valence-corrected chi connectivity index (χ3v) is 4.44. The molecule has 3 aromatic rings. The van der Waals surface area contributed by atoms with E-state index in [1.54, 1.807) is 31.4 Å². The normalized spacial score (nSPS) is 10.3. The van der Waals surface area contributed by atoms with Crippen LogP contribution in [0.5, 0.6) is 5.75 Å². The number of aromatic nitrogens is 2. The Morgan fingerprint density at radius 2 is 1.74 bits per heavy atom. The summed E-state index contributed by atoms with van der Waals surface area (Å²) in [4.78, 5) is 24.2. The number of carbonyl (C=O) groups excluding carboxylic acids is 2. The molecular formula is C18H15FN4O3S. The summed E-state index contributed by atoms with van der Waals surface area (Å²) in [6.45, 7) is 0.115. The van der Waals surface area contributed by atoms with E-state index in [0.29, 0.717) is 22.0 Å². The van der Waals surface area contributed by atoms with E-state index in [-0.39, 0.29) is 17.5 Å². The van der Waals surface area contributed by atoms with Gasteiger partial charge in [-0.25, -0.2) is 4.39 Å². The molecule has 27 heavy (non-hydrogen) atoms. The third kappa shape index (κ3) is 4.85. The Morgan fingerprint density at radius 1 is 1.04 bits per heavy atom. The zero-order valence-corrected chi connectivity index (χ0v) is 15.0.